The van der Waals surface area contributed by atoms with Gasteiger partial charge in [0.1, 0.15) is 11.7 Å². The summed E-state index contributed by atoms with van der Waals surface area (Å²) in [4.78, 5) is 13.2. The smallest absolute Gasteiger partial charge is 0.134 e. The largest absolute Gasteiger partial charge is 0.412 e. The lowest BCUT2D eigenvalue weighted by Gasteiger charge is -2.36. The van der Waals surface area contributed by atoms with E-state index < -0.39 is 0 Å². The summed E-state index contributed by atoms with van der Waals surface area (Å²) in [7, 11) is 1.80. The van der Waals surface area contributed by atoms with Crippen LogP contribution in [0.1, 0.15) is 20.8 Å². The van der Waals surface area contributed by atoms with Crippen LogP contribution in [0.25, 0.3) is 0 Å². The van der Waals surface area contributed by atoms with E-state index in [1.54, 1.807) is 13.2 Å². The third kappa shape index (κ3) is 6.63. The first-order chi connectivity index (χ1) is 13.3. The average Bonchev–Trinajstić information content (AvgIpc) is 2.73. The first kappa shape index (κ1) is 23.6. The standard InChI is InChI=1S/C18H26N6O.C2H6.H2O.H2/c1-20-18(16-6-4-8-22-17(16)19)24-11-9-23(10-12-24)14-25-13-15-5-2-3-7-21-15;1-2;;/h2-6,8,21H,7,9-14H2,1H3,(H2,19,22);1-2H3;1H2;1H. The number of hydrogen-bond donors (Lipinski definition) is 2. The van der Waals surface area contributed by atoms with Gasteiger partial charge in [0.25, 0.3) is 0 Å². The normalized spacial score (nSPS) is 17.0. The van der Waals surface area contributed by atoms with E-state index >= 15 is 0 Å². The van der Waals surface area contributed by atoms with Crippen molar-refractivity contribution in [1.29, 1.82) is 0 Å². The molecule has 2 aliphatic heterocycles. The van der Waals surface area contributed by atoms with E-state index in [0.29, 0.717) is 19.2 Å². The quantitative estimate of drug-likeness (QED) is 0.574. The Morgan fingerprint density at radius 2 is 2.07 bits per heavy atom. The van der Waals surface area contributed by atoms with Gasteiger partial charge < -0.3 is 26.2 Å². The van der Waals surface area contributed by atoms with Crippen LogP contribution in [0.5, 0.6) is 0 Å². The van der Waals surface area contributed by atoms with E-state index in [0.717, 1.165) is 49.8 Å². The van der Waals surface area contributed by atoms with Crippen LogP contribution < -0.4 is 11.1 Å². The van der Waals surface area contributed by atoms with Gasteiger partial charge in [-0.15, -0.1) is 0 Å². The Labute approximate surface area is 169 Å². The van der Waals surface area contributed by atoms with Crippen molar-refractivity contribution in [3.63, 3.8) is 0 Å². The van der Waals surface area contributed by atoms with Crippen molar-refractivity contribution >= 4 is 11.7 Å². The van der Waals surface area contributed by atoms with Crippen LogP contribution in [0.15, 0.2) is 47.2 Å². The molecule has 0 amide bonds. The number of piperazine rings is 1. The second-order valence-corrected chi connectivity index (χ2v) is 6.07. The summed E-state index contributed by atoms with van der Waals surface area (Å²) in [5, 5.41) is 3.30. The number of anilines is 1. The molecule has 0 unspecified atom stereocenters. The number of allylic oxidation sites excluding steroid dienone is 2. The molecule has 3 rings (SSSR count). The Balaban J connectivity index is 0.00000190. The number of hydrogen-bond acceptors (Lipinski definition) is 6. The summed E-state index contributed by atoms with van der Waals surface area (Å²) in [6, 6.07) is 3.86. The fourth-order valence-electron chi connectivity index (χ4n) is 3.01. The number of nitrogen functional groups attached to an aromatic ring is 1. The van der Waals surface area contributed by atoms with Crippen molar-refractivity contribution < 1.29 is 11.6 Å². The van der Waals surface area contributed by atoms with Crippen LogP contribution in [0.4, 0.5) is 5.82 Å². The molecule has 158 valence electrons. The molecular formula is C20H36N6O2. The lowest BCUT2D eigenvalue weighted by atomic mass is 10.2. The molecule has 0 aromatic carbocycles. The number of pyridine rings is 1. The van der Waals surface area contributed by atoms with Gasteiger partial charge in [-0.3, -0.25) is 9.89 Å². The van der Waals surface area contributed by atoms with Gasteiger partial charge in [0.2, 0.25) is 0 Å². The van der Waals surface area contributed by atoms with Crippen LogP contribution >= 0.6 is 0 Å². The number of rotatable bonds is 5. The molecule has 28 heavy (non-hydrogen) atoms. The summed E-state index contributed by atoms with van der Waals surface area (Å²) < 4.78 is 5.82. The second kappa shape index (κ2) is 12.9. The molecule has 1 aromatic heterocycles. The molecule has 1 saturated heterocycles. The maximum atomic E-state index is 6.00. The zero-order valence-corrected chi connectivity index (χ0v) is 17.2. The number of aromatic nitrogens is 1. The van der Waals surface area contributed by atoms with E-state index in [9.17, 15) is 0 Å². The molecule has 0 saturated carbocycles. The third-order valence-electron chi connectivity index (χ3n) is 4.37. The van der Waals surface area contributed by atoms with E-state index in [-0.39, 0.29) is 6.90 Å². The number of dihydropyridines is 1. The molecule has 0 aliphatic carbocycles. The van der Waals surface area contributed by atoms with Crippen molar-refractivity contribution in [2.75, 3.05) is 58.8 Å². The predicted molar refractivity (Wildman–Crippen MR) is 117 cm³/mol. The molecule has 8 nitrogen and oxygen atoms in total. The minimum Gasteiger partial charge on any atom is -0.412 e. The van der Waals surface area contributed by atoms with Crippen molar-refractivity contribution in [3.8, 4) is 0 Å². The van der Waals surface area contributed by atoms with E-state index in [2.05, 4.69) is 43.3 Å². The Morgan fingerprint density at radius 3 is 2.68 bits per heavy atom. The molecule has 1 aromatic rings. The topological polar surface area (TPSA) is 111 Å². The van der Waals surface area contributed by atoms with Gasteiger partial charge in [0.05, 0.1) is 18.9 Å². The number of nitrogens with two attached hydrogens (primary N) is 1. The summed E-state index contributed by atoms with van der Waals surface area (Å²) in [5.74, 6) is 1.44. The predicted octanol–water partition coefficient (Wildman–Crippen LogP) is 1.12. The van der Waals surface area contributed by atoms with E-state index in [1.165, 1.54) is 0 Å². The fourth-order valence-corrected chi connectivity index (χ4v) is 3.01. The monoisotopic (exact) mass is 392 g/mol. The van der Waals surface area contributed by atoms with Crippen LogP contribution in [-0.2, 0) is 4.74 Å². The summed E-state index contributed by atoms with van der Waals surface area (Å²) >= 11 is 0. The Bertz CT molecular complexity index is 673. The molecule has 0 bridgehead atoms. The van der Waals surface area contributed by atoms with Crippen LogP contribution in [0.3, 0.4) is 0 Å². The molecule has 0 atom stereocenters. The molecule has 3 heterocycles. The van der Waals surface area contributed by atoms with Gasteiger partial charge in [-0.25, -0.2) is 4.98 Å². The SMILES string of the molecule is CC.CN=C(c1cccnc1N)N1CCN(COCC2=CC=CCN2)CC1.O.[HH]. The molecular weight excluding hydrogens is 356 g/mol. The van der Waals surface area contributed by atoms with Crippen molar-refractivity contribution in [3.05, 3.63) is 47.8 Å². The second-order valence-electron chi connectivity index (χ2n) is 6.07. The van der Waals surface area contributed by atoms with Crippen molar-refractivity contribution in [2.45, 2.75) is 13.8 Å². The van der Waals surface area contributed by atoms with E-state index in [1.807, 2.05) is 26.0 Å². The number of nitrogens with one attached hydrogen (secondary N) is 1. The lowest BCUT2D eigenvalue weighted by molar-refractivity contribution is 0.0204. The molecule has 0 radical (unpaired) electrons. The third-order valence-corrected chi connectivity index (χ3v) is 4.37. The fraction of sp³-hybridized carbons (Fsp3) is 0.500. The molecule has 0 spiro atoms. The van der Waals surface area contributed by atoms with Gasteiger partial charge in [-0.2, -0.15) is 0 Å². The van der Waals surface area contributed by atoms with Gasteiger partial charge >= 0.3 is 0 Å². The first-order valence-corrected chi connectivity index (χ1v) is 9.60. The lowest BCUT2D eigenvalue weighted by Crippen LogP contribution is -2.49. The average molecular weight is 393 g/mol. The number of aliphatic imine (C=N–C) groups is 1. The van der Waals surface area contributed by atoms with Crippen LogP contribution in [0, 0.1) is 0 Å². The molecule has 5 N–H and O–H groups in total. The highest BCUT2D eigenvalue weighted by Crippen LogP contribution is 2.14. The molecule has 2 aliphatic rings. The van der Waals surface area contributed by atoms with Crippen LogP contribution in [-0.4, -0.2) is 79.2 Å². The highest BCUT2D eigenvalue weighted by atomic mass is 16.5. The minimum absolute atomic E-state index is 0. The number of amidine groups is 1. The summed E-state index contributed by atoms with van der Waals surface area (Å²) in [6.45, 7) is 9.81. The number of nitrogens with zero attached hydrogens (tertiary/aromatic N) is 4. The highest BCUT2D eigenvalue weighted by Gasteiger charge is 2.21. The van der Waals surface area contributed by atoms with Crippen molar-refractivity contribution in [2.24, 2.45) is 4.99 Å². The summed E-state index contributed by atoms with van der Waals surface area (Å²) in [5.41, 5.74) is 8.04. The Kier molecular flexibility index (Phi) is 10.9. The molecule has 1 fully saturated rings. The van der Waals surface area contributed by atoms with Gasteiger partial charge in [0, 0.05) is 53.1 Å². The zero-order chi connectivity index (χ0) is 19.5. The maximum absolute atomic E-state index is 6.00. The summed E-state index contributed by atoms with van der Waals surface area (Å²) in [6.07, 6.45) is 7.91. The van der Waals surface area contributed by atoms with E-state index in [4.69, 9.17) is 10.5 Å². The highest BCUT2D eigenvalue weighted by molar-refractivity contribution is 6.02. The first-order valence-electron chi connectivity index (χ1n) is 9.60. The maximum Gasteiger partial charge on any atom is 0.134 e. The number of ether oxygens (including phenoxy) is 1. The molecule has 8 heteroatoms. The Hall–Kier alpha value is -2.42. The van der Waals surface area contributed by atoms with Gasteiger partial charge in [0.15, 0.2) is 0 Å². The van der Waals surface area contributed by atoms with Gasteiger partial charge in [-0.1, -0.05) is 26.0 Å². The zero-order valence-electron chi connectivity index (χ0n) is 17.2. The minimum atomic E-state index is 0. The Morgan fingerprint density at radius 1 is 1.32 bits per heavy atom. The van der Waals surface area contributed by atoms with Gasteiger partial charge in [-0.05, 0) is 18.2 Å². The van der Waals surface area contributed by atoms with Crippen LogP contribution in [0.2, 0.25) is 0 Å². The van der Waals surface area contributed by atoms with Crippen molar-refractivity contribution in [1.82, 2.24) is 20.1 Å².